The Morgan fingerprint density at radius 2 is 2.24 bits per heavy atom. The Hall–Kier alpha value is -1.29. The fourth-order valence-corrected chi connectivity index (χ4v) is 2.35. The molecule has 0 spiro atoms. The van der Waals surface area contributed by atoms with Crippen LogP contribution in [0.5, 0.6) is 0 Å². The molecular weight excluding hydrogens is 236 g/mol. The summed E-state index contributed by atoms with van der Waals surface area (Å²) in [4.78, 5) is 8.32. The second kappa shape index (κ2) is 4.92. The first-order chi connectivity index (χ1) is 8.15. The zero-order chi connectivity index (χ0) is 12.4. The number of hydrogen-bond donors (Lipinski definition) is 1. The zero-order valence-corrected chi connectivity index (χ0v) is 10.9. The maximum absolute atomic E-state index is 6.17. The number of rotatable bonds is 4. The van der Waals surface area contributed by atoms with Gasteiger partial charge in [-0.2, -0.15) is 0 Å². The molecule has 0 aromatic carbocycles. The van der Waals surface area contributed by atoms with E-state index in [1.807, 2.05) is 4.57 Å². The summed E-state index contributed by atoms with van der Waals surface area (Å²) in [6.07, 6.45) is 6.74. The van der Waals surface area contributed by atoms with E-state index in [0.29, 0.717) is 17.0 Å². The molecule has 4 nitrogen and oxygen atoms in total. The number of fused-ring (bicyclic) bond motifs is 1. The van der Waals surface area contributed by atoms with Crippen LogP contribution in [-0.4, -0.2) is 14.5 Å². The number of unbranched alkanes of at least 4 members (excludes halogenated alkanes) is 1. The molecule has 0 aliphatic carbocycles. The lowest BCUT2D eigenvalue weighted by atomic mass is 10.1. The van der Waals surface area contributed by atoms with Gasteiger partial charge in [-0.25, -0.2) is 4.98 Å². The fourth-order valence-electron chi connectivity index (χ4n) is 2.10. The predicted octanol–water partition coefficient (Wildman–Crippen LogP) is 3.42. The van der Waals surface area contributed by atoms with Crippen molar-refractivity contribution >= 4 is 28.6 Å². The van der Waals surface area contributed by atoms with Gasteiger partial charge in [-0.05, 0) is 13.3 Å². The number of aromatic nitrogens is 3. The van der Waals surface area contributed by atoms with E-state index >= 15 is 0 Å². The number of halogens is 1. The lowest BCUT2D eigenvalue weighted by Crippen LogP contribution is -2.09. The molecule has 1 atom stereocenters. The largest absolute Gasteiger partial charge is 0.369 e. The molecule has 2 aromatic rings. The Bertz CT molecular complexity index is 520. The highest BCUT2D eigenvalue weighted by Gasteiger charge is 2.16. The summed E-state index contributed by atoms with van der Waals surface area (Å²) in [6.45, 7) is 4.32. The van der Waals surface area contributed by atoms with Crippen molar-refractivity contribution in [1.82, 2.24) is 14.5 Å². The topological polar surface area (TPSA) is 56.7 Å². The van der Waals surface area contributed by atoms with Crippen LogP contribution in [0.1, 0.15) is 39.2 Å². The maximum Gasteiger partial charge on any atom is 0.201 e. The molecule has 92 valence electrons. The number of nitrogens with two attached hydrogens (primary N) is 1. The van der Waals surface area contributed by atoms with E-state index in [4.69, 9.17) is 17.3 Å². The lowest BCUT2D eigenvalue weighted by molar-refractivity contribution is 0.501. The van der Waals surface area contributed by atoms with Crippen LogP contribution in [0.15, 0.2) is 12.4 Å². The molecule has 1 unspecified atom stereocenters. The number of imidazole rings is 1. The molecule has 0 aliphatic heterocycles. The molecule has 0 radical (unpaired) electrons. The highest BCUT2D eigenvalue weighted by atomic mass is 35.5. The summed E-state index contributed by atoms with van der Waals surface area (Å²) >= 11 is 6.17. The van der Waals surface area contributed by atoms with Gasteiger partial charge < -0.3 is 10.3 Å². The molecule has 2 N–H and O–H groups in total. The monoisotopic (exact) mass is 252 g/mol. The molecule has 0 amide bonds. The molecule has 0 aliphatic rings. The second-order valence-electron chi connectivity index (χ2n) is 4.32. The first-order valence-electron chi connectivity index (χ1n) is 5.92. The summed E-state index contributed by atoms with van der Waals surface area (Å²) < 4.78 is 2.01. The molecular formula is C12H17ClN4. The van der Waals surface area contributed by atoms with Gasteiger partial charge in [-0.3, -0.25) is 4.98 Å². The Morgan fingerprint density at radius 1 is 1.47 bits per heavy atom. The van der Waals surface area contributed by atoms with Gasteiger partial charge in [-0.15, -0.1) is 0 Å². The second-order valence-corrected chi connectivity index (χ2v) is 4.73. The van der Waals surface area contributed by atoms with E-state index in [9.17, 15) is 0 Å². The summed E-state index contributed by atoms with van der Waals surface area (Å²) in [7, 11) is 0. The lowest BCUT2D eigenvalue weighted by Gasteiger charge is -2.15. The van der Waals surface area contributed by atoms with Gasteiger partial charge in [0.25, 0.3) is 0 Å². The van der Waals surface area contributed by atoms with Crippen LogP contribution < -0.4 is 5.73 Å². The molecule has 0 saturated heterocycles. The zero-order valence-electron chi connectivity index (χ0n) is 10.2. The van der Waals surface area contributed by atoms with E-state index in [0.717, 1.165) is 17.5 Å². The molecule has 0 bridgehead atoms. The Morgan fingerprint density at radius 3 is 2.94 bits per heavy atom. The van der Waals surface area contributed by atoms with Crippen LogP contribution in [-0.2, 0) is 0 Å². The van der Waals surface area contributed by atoms with Crippen molar-refractivity contribution in [2.75, 3.05) is 5.73 Å². The molecule has 0 saturated carbocycles. The third kappa shape index (κ3) is 2.22. The first-order valence-corrected chi connectivity index (χ1v) is 6.29. The van der Waals surface area contributed by atoms with Crippen LogP contribution in [0.25, 0.3) is 11.0 Å². The third-order valence-corrected chi connectivity index (χ3v) is 3.27. The Kier molecular flexibility index (Phi) is 3.52. The van der Waals surface area contributed by atoms with Gasteiger partial charge in [0.1, 0.15) is 5.52 Å². The summed E-state index contributed by atoms with van der Waals surface area (Å²) in [5, 5.41) is 0.607. The van der Waals surface area contributed by atoms with Crippen LogP contribution in [0, 0.1) is 0 Å². The minimum Gasteiger partial charge on any atom is -0.369 e. The number of nitrogens with zero attached hydrogens (tertiary/aromatic N) is 3. The molecule has 2 heterocycles. The van der Waals surface area contributed by atoms with Gasteiger partial charge in [0.2, 0.25) is 5.95 Å². The molecule has 17 heavy (non-hydrogen) atoms. The van der Waals surface area contributed by atoms with Crippen LogP contribution >= 0.6 is 11.6 Å². The smallest absolute Gasteiger partial charge is 0.201 e. The van der Waals surface area contributed by atoms with Gasteiger partial charge in [0, 0.05) is 12.2 Å². The van der Waals surface area contributed by atoms with E-state index < -0.39 is 0 Å². The minimum absolute atomic E-state index is 0.305. The van der Waals surface area contributed by atoms with Crippen molar-refractivity contribution in [3.63, 3.8) is 0 Å². The SMILES string of the molecule is CCCCC(C)n1c(N)nc2cncc(Cl)c21. The average molecular weight is 253 g/mol. The Labute approximate surface area is 106 Å². The number of anilines is 1. The molecule has 2 rings (SSSR count). The van der Waals surface area contributed by atoms with Crippen molar-refractivity contribution in [3.05, 3.63) is 17.4 Å². The highest BCUT2D eigenvalue weighted by Crippen LogP contribution is 2.29. The summed E-state index contributed by atoms with van der Waals surface area (Å²) in [6, 6.07) is 0.305. The predicted molar refractivity (Wildman–Crippen MR) is 71.2 cm³/mol. The standard InChI is InChI=1S/C12H17ClN4/c1-3-4-5-8(2)17-11-9(13)6-15-7-10(11)16-12(17)14/h6-8H,3-5H2,1-2H3,(H2,14,16). The quantitative estimate of drug-likeness (QED) is 0.907. The van der Waals surface area contributed by atoms with Crippen LogP contribution in [0.2, 0.25) is 5.02 Å². The highest BCUT2D eigenvalue weighted by molar-refractivity contribution is 6.34. The van der Waals surface area contributed by atoms with Gasteiger partial charge in [0.15, 0.2) is 0 Å². The maximum atomic E-state index is 6.17. The number of nitrogen functional groups attached to an aromatic ring is 1. The van der Waals surface area contributed by atoms with Gasteiger partial charge >= 0.3 is 0 Å². The van der Waals surface area contributed by atoms with E-state index in [2.05, 4.69) is 23.8 Å². The number of pyridine rings is 1. The molecule has 0 fully saturated rings. The van der Waals surface area contributed by atoms with Crippen molar-refractivity contribution in [1.29, 1.82) is 0 Å². The minimum atomic E-state index is 0.305. The van der Waals surface area contributed by atoms with E-state index in [1.54, 1.807) is 12.4 Å². The van der Waals surface area contributed by atoms with Gasteiger partial charge in [-0.1, -0.05) is 31.4 Å². The van der Waals surface area contributed by atoms with Crippen molar-refractivity contribution in [3.8, 4) is 0 Å². The van der Waals surface area contributed by atoms with Gasteiger partial charge in [0.05, 0.1) is 16.7 Å². The van der Waals surface area contributed by atoms with Crippen molar-refractivity contribution in [2.45, 2.75) is 39.2 Å². The van der Waals surface area contributed by atoms with Crippen LogP contribution in [0.4, 0.5) is 5.95 Å². The summed E-state index contributed by atoms with van der Waals surface area (Å²) in [5.74, 6) is 0.513. The molecule has 2 aromatic heterocycles. The summed E-state index contributed by atoms with van der Waals surface area (Å²) in [5.41, 5.74) is 7.61. The normalized spacial score (nSPS) is 13.1. The fraction of sp³-hybridized carbons (Fsp3) is 0.500. The first kappa shape index (κ1) is 12.2. The van der Waals surface area contributed by atoms with E-state index in [-0.39, 0.29) is 0 Å². The van der Waals surface area contributed by atoms with Crippen molar-refractivity contribution < 1.29 is 0 Å². The van der Waals surface area contributed by atoms with Crippen molar-refractivity contribution in [2.24, 2.45) is 0 Å². The van der Waals surface area contributed by atoms with Crippen LogP contribution in [0.3, 0.4) is 0 Å². The average Bonchev–Trinajstić information content (AvgIpc) is 2.64. The van der Waals surface area contributed by atoms with E-state index in [1.165, 1.54) is 12.8 Å². The Balaban J connectivity index is 2.48. The molecule has 5 heteroatoms. The third-order valence-electron chi connectivity index (χ3n) is 2.99. The number of hydrogen-bond acceptors (Lipinski definition) is 3.